The molecule has 0 aliphatic carbocycles. The topological polar surface area (TPSA) is 84.7 Å². The molecule has 6 nitrogen and oxygen atoms in total. The number of carbonyl (C=O) groups is 2. The number of hydrogen-bond donors (Lipinski definition) is 2. The van der Waals surface area contributed by atoms with Gasteiger partial charge in [0.1, 0.15) is 11.8 Å². The van der Waals surface area contributed by atoms with Gasteiger partial charge in [0.2, 0.25) is 11.8 Å². The van der Waals surface area contributed by atoms with Gasteiger partial charge in [-0.05, 0) is 43.0 Å². The van der Waals surface area contributed by atoms with Crippen LogP contribution in [0.25, 0.3) is 0 Å². The molecule has 3 rings (SSSR count). The van der Waals surface area contributed by atoms with Crippen LogP contribution in [0.1, 0.15) is 36.4 Å². The molecule has 0 radical (unpaired) electrons. The SMILES string of the molecule is COc1ccc(C)cc1NC(=O)C1CCCN1C(=O)CC(N)c1ccccc1.Cl. The summed E-state index contributed by atoms with van der Waals surface area (Å²) in [4.78, 5) is 27.3. The van der Waals surface area contributed by atoms with Crippen LogP contribution in [0.4, 0.5) is 5.69 Å². The van der Waals surface area contributed by atoms with E-state index < -0.39 is 6.04 Å². The highest BCUT2D eigenvalue weighted by molar-refractivity contribution is 5.98. The molecule has 2 unspecified atom stereocenters. The maximum Gasteiger partial charge on any atom is 0.247 e. The summed E-state index contributed by atoms with van der Waals surface area (Å²) in [5.41, 5.74) is 8.75. The molecule has 2 aromatic carbocycles. The lowest BCUT2D eigenvalue weighted by Crippen LogP contribution is -2.44. The molecule has 0 bridgehead atoms. The first-order valence-corrected chi connectivity index (χ1v) is 9.55. The summed E-state index contributed by atoms with van der Waals surface area (Å²) in [7, 11) is 1.57. The fourth-order valence-corrected chi connectivity index (χ4v) is 3.60. The largest absolute Gasteiger partial charge is 0.495 e. The maximum atomic E-state index is 12.9. The Kier molecular flexibility index (Phi) is 8.05. The van der Waals surface area contributed by atoms with E-state index in [1.807, 2.05) is 55.5 Å². The number of benzene rings is 2. The summed E-state index contributed by atoms with van der Waals surface area (Å²) in [5.74, 6) is 0.314. The molecule has 3 N–H and O–H groups in total. The fourth-order valence-electron chi connectivity index (χ4n) is 3.60. The van der Waals surface area contributed by atoms with E-state index in [-0.39, 0.29) is 36.7 Å². The average molecular weight is 418 g/mol. The Balaban J connectivity index is 0.00000300. The van der Waals surface area contributed by atoms with Crippen LogP contribution in [0.2, 0.25) is 0 Å². The van der Waals surface area contributed by atoms with E-state index in [9.17, 15) is 9.59 Å². The minimum Gasteiger partial charge on any atom is -0.495 e. The number of amides is 2. The molecule has 0 spiro atoms. The zero-order valence-electron chi connectivity index (χ0n) is 16.8. The van der Waals surface area contributed by atoms with Gasteiger partial charge in [-0.15, -0.1) is 12.4 Å². The summed E-state index contributed by atoms with van der Waals surface area (Å²) < 4.78 is 5.33. The van der Waals surface area contributed by atoms with Gasteiger partial charge in [0, 0.05) is 19.0 Å². The van der Waals surface area contributed by atoms with Crippen LogP contribution in [-0.4, -0.2) is 36.4 Å². The zero-order valence-corrected chi connectivity index (χ0v) is 17.6. The van der Waals surface area contributed by atoms with Gasteiger partial charge >= 0.3 is 0 Å². The maximum absolute atomic E-state index is 12.9. The van der Waals surface area contributed by atoms with Crippen LogP contribution in [0.5, 0.6) is 5.75 Å². The van der Waals surface area contributed by atoms with E-state index in [1.165, 1.54) is 0 Å². The molecule has 1 saturated heterocycles. The highest BCUT2D eigenvalue weighted by atomic mass is 35.5. The summed E-state index contributed by atoms with van der Waals surface area (Å²) in [6.45, 7) is 2.52. The number of nitrogens with one attached hydrogen (secondary N) is 1. The lowest BCUT2D eigenvalue weighted by Gasteiger charge is -2.25. The molecule has 1 fully saturated rings. The second-order valence-corrected chi connectivity index (χ2v) is 7.16. The summed E-state index contributed by atoms with van der Waals surface area (Å²) in [6.07, 6.45) is 1.63. The molecular weight excluding hydrogens is 390 g/mol. The Labute approximate surface area is 177 Å². The van der Waals surface area contributed by atoms with Gasteiger partial charge < -0.3 is 20.7 Å². The van der Waals surface area contributed by atoms with Crippen molar-refractivity contribution in [2.24, 2.45) is 5.73 Å². The van der Waals surface area contributed by atoms with E-state index in [0.29, 0.717) is 24.4 Å². The van der Waals surface area contributed by atoms with Gasteiger partial charge in [0.05, 0.1) is 12.8 Å². The molecule has 2 amide bonds. The van der Waals surface area contributed by atoms with Crippen molar-refractivity contribution in [2.75, 3.05) is 19.0 Å². The second-order valence-electron chi connectivity index (χ2n) is 7.16. The number of hydrogen-bond acceptors (Lipinski definition) is 4. The Morgan fingerprint density at radius 1 is 1.24 bits per heavy atom. The number of anilines is 1. The van der Waals surface area contributed by atoms with Crippen molar-refractivity contribution in [3.05, 3.63) is 59.7 Å². The van der Waals surface area contributed by atoms with E-state index in [0.717, 1.165) is 17.5 Å². The smallest absolute Gasteiger partial charge is 0.247 e. The standard InChI is InChI=1S/C22H27N3O3.ClH/c1-15-10-11-20(28-2)18(13-15)24-22(27)19-9-6-12-25(19)21(26)14-17(23)16-7-4-3-5-8-16;/h3-5,7-8,10-11,13,17,19H,6,9,12,14,23H2,1-2H3,(H,24,27);1H. The van der Waals surface area contributed by atoms with Gasteiger partial charge in [-0.2, -0.15) is 0 Å². The number of nitrogens with zero attached hydrogens (tertiary/aromatic N) is 1. The molecule has 1 aliphatic rings. The summed E-state index contributed by atoms with van der Waals surface area (Å²) >= 11 is 0. The number of methoxy groups -OCH3 is 1. The molecule has 29 heavy (non-hydrogen) atoms. The number of halogens is 1. The molecule has 7 heteroatoms. The normalized spacial score (nSPS) is 16.7. The molecule has 0 aromatic heterocycles. The van der Waals surface area contributed by atoms with Crippen LogP contribution < -0.4 is 15.8 Å². The molecule has 1 aliphatic heterocycles. The van der Waals surface area contributed by atoms with E-state index in [4.69, 9.17) is 10.5 Å². The lowest BCUT2D eigenvalue weighted by atomic mass is 10.0. The number of aryl methyl sites for hydroxylation is 1. The number of likely N-dealkylation sites (tertiary alicyclic amines) is 1. The van der Waals surface area contributed by atoms with Crippen LogP contribution in [-0.2, 0) is 9.59 Å². The third kappa shape index (κ3) is 5.49. The summed E-state index contributed by atoms with van der Waals surface area (Å²) in [5, 5.41) is 2.93. The number of ether oxygens (including phenoxy) is 1. The van der Waals surface area contributed by atoms with Crippen molar-refractivity contribution in [1.29, 1.82) is 0 Å². The van der Waals surface area contributed by atoms with E-state index in [2.05, 4.69) is 5.32 Å². The number of rotatable bonds is 6. The third-order valence-electron chi connectivity index (χ3n) is 5.11. The van der Waals surface area contributed by atoms with Crippen molar-refractivity contribution in [1.82, 2.24) is 4.90 Å². The van der Waals surface area contributed by atoms with Crippen LogP contribution in [0.3, 0.4) is 0 Å². The van der Waals surface area contributed by atoms with Gasteiger partial charge in [-0.25, -0.2) is 0 Å². The molecule has 0 saturated carbocycles. The van der Waals surface area contributed by atoms with E-state index >= 15 is 0 Å². The van der Waals surface area contributed by atoms with Gasteiger partial charge in [-0.1, -0.05) is 36.4 Å². The monoisotopic (exact) mass is 417 g/mol. The minimum atomic E-state index is -0.485. The minimum absolute atomic E-state index is 0. The first kappa shape index (κ1) is 22.7. The van der Waals surface area contributed by atoms with Gasteiger partial charge in [0.15, 0.2) is 0 Å². The van der Waals surface area contributed by atoms with Crippen molar-refractivity contribution in [2.45, 2.75) is 38.3 Å². The Hall–Kier alpha value is -2.57. The number of carbonyl (C=O) groups excluding carboxylic acids is 2. The molecule has 1 heterocycles. The van der Waals surface area contributed by atoms with Crippen LogP contribution in [0, 0.1) is 6.92 Å². The predicted octanol–water partition coefficient (Wildman–Crippen LogP) is 3.45. The molecule has 2 atom stereocenters. The van der Waals surface area contributed by atoms with Crippen molar-refractivity contribution >= 4 is 29.9 Å². The Morgan fingerprint density at radius 2 is 1.97 bits per heavy atom. The Morgan fingerprint density at radius 3 is 2.66 bits per heavy atom. The fraction of sp³-hybridized carbons (Fsp3) is 0.364. The average Bonchev–Trinajstić information content (AvgIpc) is 3.19. The van der Waals surface area contributed by atoms with Crippen LogP contribution >= 0.6 is 12.4 Å². The first-order valence-electron chi connectivity index (χ1n) is 9.55. The highest BCUT2D eigenvalue weighted by Crippen LogP contribution is 2.28. The molecule has 156 valence electrons. The van der Waals surface area contributed by atoms with Crippen molar-refractivity contribution < 1.29 is 14.3 Å². The quantitative estimate of drug-likeness (QED) is 0.753. The lowest BCUT2D eigenvalue weighted by molar-refractivity contribution is -0.137. The van der Waals surface area contributed by atoms with Gasteiger partial charge in [-0.3, -0.25) is 9.59 Å². The second kappa shape index (κ2) is 10.3. The third-order valence-corrected chi connectivity index (χ3v) is 5.11. The first-order chi connectivity index (χ1) is 13.5. The molecule has 2 aromatic rings. The van der Waals surface area contributed by atoms with E-state index in [1.54, 1.807) is 12.0 Å². The molecular formula is C22H28ClN3O3. The number of nitrogens with two attached hydrogens (primary N) is 1. The zero-order chi connectivity index (χ0) is 20.1. The van der Waals surface area contributed by atoms with Crippen molar-refractivity contribution in [3.8, 4) is 5.75 Å². The van der Waals surface area contributed by atoms with Gasteiger partial charge in [0.25, 0.3) is 0 Å². The Bertz CT molecular complexity index is 844. The highest BCUT2D eigenvalue weighted by Gasteiger charge is 2.34. The van der Waals surface area contributed by atoms with Crippen molar-refractivity contribution in [3.63, 3.8) is 0 Å². The van der Waals surface area contributed by atoms with Crippen LogP contribution in [0.15, 0.2) is 48.5 Å². The summed E-state index contributed by atoms with van der Waals surface area (Å²) in [6, 6.07) is 14.3. The predicted molar refractivity (Wildman–Crippen MR) is 116 cm³/mol.